The molecule has 0 aliphatic carbocycles. The van der Waals surface area contributed by atoms with Crippen molar-refractivity contribution in [3.63, 3.8) is 0 Å². The van der Waals surface area contributed by atoms with E-state index in [0.717, 1.165) is 11.1 Å². The van der Waals surface area contributed by atoms with Crippen LogP contribution < -0.4 is 5.73 Å². The van der Waals surface area contributed by atoms with Crippen LogP contribution in [0.4, 0.5) is 5.69 Å². The number of anilines is 1. The number of nitrogen functional groups attached to an aromatic ring is 1. The quantitative estimate of drug-likeness (QED) is 0.637. The van der Waals surface area contributed by atoms with Crippen LogP contribution in [-0.4, -0.2) is 8.42 Å². The molecule has 0 radical (unpaired) electrons. The van der Waals surface area contributed by atoms with Gasteiger partial charge in [0.1, 0.15) is 0 Å². The molecular formula is C9H9NO2S. The molecule has 3 nitrogen and oxygen atoms in total. The zero-order valence-corrected chi connectivity index (χ0v) is 7.93. The molecule has 1 aromatic carbocycles. The number of benzene rings is 1. The number of hydrogen-bond donors (Lipinski definition) is 1. The number of rotatable bonds is 0. The van der Waals surface area contributed by atoms with Crippen LogP contribution >= 0.6 is 0 Å². The molecule has 0 atom stereocenters. The maximum atomic E-state index is 11.5. The van der Waals surface area contributed by atoms with Crippen LogP contribution in [-0.2, 0) is 9.84 Å². The minimum Gasteiger partial charge on any atom is -0.399 e. The molecule has 0 aromatic heterocycles. The summed E-state index contributed by atoms with van der Waals surface area (Å²) >= 11 is 0. The lowest BCUT2D eigenvalue weighted by atomic mass is 10.1. The molecule has 1 aliphatic heterocycles. The number of fused-ring (bicyclic) bond motifs is 1. The summed E-state index contributed by atoms with van der Waals surface area (Å²) in [5, 5.41) is 1.27. The molecule has 13 heavy (non-hydrogen) atoms. The fourth-order valence-electron chi connectivity index (χ4n) is 1.46. The van der Waals surface area contributed by atoms with Gasteiger partial charge in [0.25, 0.3) is 0 Å². The fraction of sp³-hybridized carbons (Fsp3) is 0.111. The first-order valence-electron chi connectivity index (χ1n) is 3.84. The first-order chi connectivity index (χ1) is 6.00. The molecule has 0 saturated heterocycles. The van der Waals surface area contributed by atoms with Gasteiger partial charge in [0, 0.05) is 11.1 Å². The summed E-state index contributed by atoms with van der Waals surface area (Å²) in [6.45, 7) is 1.78. The van der Waals surface area contributed by atoms with Gasteiger partial charge in [0.05, 0.1) is 4.90 Å². The second-order valence-corrected chi connectivity index (χ2v) is 4.87. The van der Waals surface area contributed by atoms with Crippen LogP contribution in [0.1, 0.15) is 12.5 Å². The molecule has 2 N–H and O–H groups in total. The first kappa shape index (κ1) is 8.31. The Bertz CT molecular complexity index is 500. The average Bonchev–Trinajstić information content (AvgIpc) is 2.23. The van der Waals surface area contributed by atoms with E-state index in [1.165, 1.54) is 11.5 Å². The van der Waals surface area contributed by atoms with E-state index in [2.05, 4.69) is 0 Å². The zero-order valence-electron chi connectivity index (χ0n) is 7.11. The summed E-state index contributed by atoms with van der Waals surface area (Å²) in [6.07, 6.45) is 0. The van der Waals surface area contributed by atoms with Crippen molar-refractivity contribution in [3.8, 4) is 0 Å². The SMILES string of the molecule is CC1=CS(=O)(=O)c2cc(N)ccc21. The van der Waals surface area contributed by atoms with Crippen LogP contribution in [0.5, 0.6) is 0 Å². The van der Waals surface area contributed by atoms with Gasteiger partial charge in [-0.1, -0.05) is 6.07 Å². The Morgan fingerprint density at radius 2 is 2.00 bits per heavy atom. The monoisotopic (exact) mass is 195 g/mol. The van der Waals surface area contributed by atoms with Crippen LogP contribution in [0, 0.1) is 0 Å². The highest BCUT2D eigenvalue weighted by atomic mass is 32.2. The molecule has 1 heterocycles. The normalized spacial score (nSPS) is 18.1. The van der Waals surface area contributed by atoms with E-state index in [9.17, 15) is 8.42 Å². The van der Waals surface area contributed by atoms with Gasteiger partial charge in [0.15, 0.2) is 0 Å². The second-order valence-electron chi connectivity index (χ2n) is 3.10. The van der Waals surface area contributed by atoms with Crippen molar-refractivity contribution in [2.24, 2.45) is 0 Å². The third-order valence-electron chi connectivity index (χ3n) is 2.07. The van der Waals surface area contributed by atoms with Gasteiger partial charge in [0.2, 0.25) is 9.84 Å². The Hall–Kier alpha value is -1.29. The van der Waals surface area contributed by atoms with Gasteiger partial charge in [-0.05, 0) is 30.2 Å². The number of nitrogens with two attached hydrogens (primary N) is 1. The van der Waals surface area contributed by atoms with E-state index in [0.29, 0.717) is 10.6 Å². The molecule has 0 fully saturated rings. The van der Waals surface area contributed by atoms with Gasteiger partial charge in [-0.15, -0.1) is 0 Å². The Kier molecular flexibility index (Phi) is 1.51. The highest BCUT2D eigenvalue weighted by Gasteiger charge is 2.24. The summed E-state index contributed by atoms with van der Waals surface area (Å²) in [5.41, 5.74) is 7.52. The molecule has 68 valence electrons. The minimum atomic E-state index is -3.22. The van der Waals surface area contributed by atoms with Crippen LogP contribution in [0.15, 0.2) is 28.5 Å². The second kappa shape index (κ2) is 2.35. The number of allylic oxidation sites excluding steroid dienone is 1. The Balaban J connectivity index is 2.83. The molecule has 1 aromatic rings. The summed E-state index contributed by atoms with van der Waals surface area (Å²) < 4.78 is 23.0. The van der Waals surface area contributed by atoms with Crippen molar-refractivity contribution in [1.29, 1.82) is 0 Å². The van der Waals surface area contributed by atoms with Crippen molar-refractivity contribution in [3.05, 3.63) is 29.2 Å². The Morgan fingerprint density at radius 1 is 1.31 bits per heavy atom. The molecule has 1 aliphatic rings. The van der Waals surface area contributed by atoms with Crippen molar-refractivity contribution in [1.82, 2.24) is 0 Å². The zero-order chi connectivity index (χ0) is 9.64. The van der Waals surface area contributed by atoms with Gasteiger partial charge in [-0.25, -0.2) is 8.42 Å². The molecular weight excluding hydrogens is 186 g/mol. The van der Waals surface area contributed by atoms with Gasteiger partial charge in [-0.2, -0.15) is 0 Å². The molecule has 0 spiro atoms. The smallest absolute Gasteiger partial charge is 0.200 e. The average molecular weight is 195 g/mol. The Morgan fingerprint density at radius 3 is 2.69 bits per heavy atom. The van der Waals surface area contributed by atoms with Crippen molar-refractivity contribution < 1.29 is 8.42 Å². The lowest BCUT2D eigenvalue weighted by Crippen LogP contribution is -1.95. The van der Waals surface area contributed by atoms with Gasteiger partial charge >= 0.3 is 0 Å². The maximum Gasteiger partial charge on any atom is 0.200 e. The third-order valence-corrected chi connectivity index (χ3v) is 3.68. The summed E-state index contributed by atoms with van der Waals surface area (Å²) in [4.78, 5) is 0.324. The van der Waals surface area contributed by atoms with Crippen molar-refractivity contribution >= 4 is 21.1 Å². The van der Waals surface area contributed by atoms with Crippen LogP contribution in [0.3, 0.4) is 0 Å². The number of sulfone groups is 1. The molecule has 0 unspecified atom stereocenters. The first-order valence-corrected chi connectivity index (χ1v) is 5.38. The van der Waals surface area contributed by atoms with Crippen molar-refractivity contribution in [2.45, 2.75) is 11.8 Å². The van der Waals surface area contributed by atoms with E-state index in [1.807, 2.05) is 0 Å². The van der Waals surface area contributed by atoms with E-state index in [4.69, 9.17) is 5.73 Å². The fourth-order valence-corrected chi connectivity index (χ4v) is 3.02. The molecule has 0 bridgehead atoms. The largest absolute Gasteiger partial charge is 0.399 e. The van der Waals surface area contributed by atoms with Crippen LogP contribution in [0.25, 0.3) is 5.57 Å². The summed E-state index contributed by atoms with van der Waals surface area (Å²) in [6, 6.07) is 4.94. The molecule has 4 heteroatoms. The lowest BCUT2D eigenvalue weighted by molar-refractivity contribution is 0.605. The van der Waals surface area contributed by atoms with Crippen LogP contribution in [0.2, 0.25) is 0 Å². The lowest BCUT2D eigenvalue weighted by Gasteiger charge is -2.00. The third kappa shape index (κ3) is 1.14. The molecule has 0 amide bonds. The van der Waals surface area contributed by atoms with E-state index in [1.54, 1.807) is 19.1 Å². The van der Waals surface area contributed by atoms with Gasteiger partial charge in [-0.3, -0.25) is 0 Å². The summed E-state index contributed by atoms with van der Waals surface area (Å²) in [7, 11) is -3.22. The predicted octanol–water partition coefficient (Wildman–Crippen LogP) is 1.42. The van der Waals surface area contributed by atoms with E-state index < -0.39 is 9.84 Å². The topological polar surface area (TPSA) is 60.2 Å². The molecule has 2 rings (SSSR count). The standard InChI is InChI=1S/C9H9NO2S/c1-6-5-13(11,12)9-4-7(10)2-3-8(6)9/h2-5H,10H2,1H3. The van der Waals surface area contributed by atoms with E-state index in [-0.39, 0.29) is 0 Å². The predicted molar refractivity (Wildman–Crippen MR) is 51.7 cm³/mol. The van der Waals surface area contributed by atoms with E-state index >= 15 is 0 Å². The highest BCUT2D eigenvalue weighted by molar-refractivity contribution is 7.95. The summed E-state index contributed by atoms with van der Waals surface area (Å²) in [5.74, 6) is 0. The number of hydrogen-bond acceptors (Lipinski definition) is 3. The molecule has 0 saturated carbocycles. The van der Waals surface area contributed by atoms with Gasteiger partial charge < -0.3 is 5.73 Å². The highest BCUT2D eigenvalue weighted by Crippen LogP contribution is 2.33. The Labute approximate surface area is 76.8 Å². The van der Waals surface area contributed by atoms with Crippen molar-refractivity contribution in [2.75, 3.05) is 5.73 Å². The minimum absolute atomic E-state index is 0.324. The maximum absolute atomic E-state index is 11.5.